The second-order valence-corrected chi connectivity index (χ2v) is 3.53. The SMILES string of the molecule is N#Cc1cccc(NC(=O)c2cc(C(=O)O)on2)c1. The van der Waals surface area contributed by atoms with Crippen LogP contribution in [0.2, 0.25) is 0 Å². The van der Waals surface area contributed by atoms with Crippen LogP contribution in [0.1, 0.15) is 26.6 Å². The lowest BCUT2D eigenvalue weighted by Crippen LogP contribution is -2.12. The number of carboxylic acid groups (broad SMARTS) is 1. The molecule has 1 aromatic carbocycles. The normalized spacial score (nSPS) is 9.63. The molecule has 0 saturated heterocycles. The summed E-state index contributed by atoms with van der Waals surface area (Å²) in [5, 5.41) is 23.2. The maximum atomic E-state index is 11.7. The van der Waals surface area contributed by atoms with Crippen LogP contribution in [0.25, 0.3) is 0 Å². The number of nitriles is 1. The predicted molar refractivity (Wildman–Crippen MR) is 62.6 cm³/mol. The van der Waals surface area contributed by atoms with Crippen molar-refractivity contribution < 1.29 is 19.2 Å². The number of nitrogens with one attached hydrogen (secondary N) is 1. The van der Waals surface area contributed by atoms with E-state index in [-0.39, 0.29) is 5.69 Å². The number of rotatable bonds is 3. The Hall–Kier alpha value is -3.14. The fourth-order valence-corrected chi connectivity index (χ4v) is 1.34. The van der Waals surface area contributed by atoms with Gasteiger partial charge in [-0.25, -0.2) is 4.79 Å². The van der Waals surface area contributed by atoms with E-state index in [2.05, 4.69) is 15.0 Å². The second kappa shape index (κ2) is 5.01. The molecule has 0 bridgehead atoms. The summed E-state index contributed by atoms with van der Waals surface area (Å²) in [5.74, 6) is -2.35. The summed E-state index contributed by atoms with van der Waals surface area (Å²) in [4.78, 5) is 22.3. The lowest BCUT2D eigenvalue weighted by Gasteiger charge is -2.02. The molecule has 2 N–H and O–H groups in total. The number of carbonyl (C=O) groups excluding carboxylic acids is 1. The van der Waals surface area contributed by atoms with E-state index in [0.717, 1.165) is 6.07 Å². The Morgan fingerprint density at radius 2 is 2.16 bits per heavy atom. The predicted octanol–water partition coefficient (Wildman–Crippen LogP) is 1.50. The lowest BCUT2D eigenvalue weighted by molar-refractivity contribution is 0.0651. The van der Waals surface area contributed by atoms with Crippen LogP contribution in [-0.4, -0.2) is 22.1 Å². The molecule has 0 atom stereocenters. The Bertz CT molecular complexity index is 684. The fourth-order valence-electron chi connectivity index (χ4n) is 1.34. The molecule has 0 fully saturated rings. The maximum absolute atomic E-state index is 11.7. The number of hydrogen-bond donors (Lipinski definition) is 2. The van der Waals surface area contributed by atoms with E-state index in [1.807, 2.05) is 6.07 Å². The molecule has 19 heavy (non-hydrogen) atoms. The average Bonchev–Trinajstić information content (AvgIpc) is 2.89. The highest BCUT2D eigenvalue weighted by atomic mass is 16.5. The smallest absolute Gasteiger partial charge is 0.374 e. The van der Waals surface area contributed by atoms with Gasteiger partial charge in [-0.15, -0.1) is 0 Å². The van der Waals surface area contributed by atoms with Gasteiger partial charge in [0.1, 0.15) is 0 Å². The summed E-state index contributed by atoms with van der Waals surface area (Å²) in [5.41, 5.74) is 0.646. The molecule has 1 aromatic heterocycles. The van der Waals surface area contributed by atoms with Gasteiger partial charge in [0, 0.05) is 11.8 Å². The van der Waals surface area contributed by atoms with Crippen molar-refractivity contribution >= 4 is 17.6 Å². The van der Waals surface area contributed by atoms with Crippen molar-refractivity contribution in [3.05, 3.63) is 47.3 Å². The molecule has 7 heteroatoms. The number of carbonyl (C=O) groups is 2. The van der Waals surface area contributed by atoms with E-state index in [4.69, 9.17) is 10.4 Å². The van der Waals surface area contributed by atoms with Crippen molar-refractivity contribution in [1.82, 2.24) is 5.16 Å². The molecular weight excluding hydrogens is 250 g/mol. The van der Waals surface area contributed by atoms with Crippen LogP contribution in [0.4, 0.5) is 5.69 Å². The summed E-state index contributed by atoms with van der Waals surface area (Å²) in [6, 6.07) is 9.23. The van der Waals surface area contributed by atoms with E-state index in [1.54, 1.807) is 18.2 Å². The number of benzene rings is 1. The summed E-state index contributed by atoms with van der Waals surface area (Å²) < 4.78 is 4.47. The molecule has 0 unspecified atom stereocenters. The summed E-state index contributed by atoms with van der Waals surface area (Å²) >= 11 is 0. The highest BCUT2D eigenvalue weighted by Gasteiger charge is 2.16. The van der Waals surface area contributed by atoms with Gasteiger partial charge in [-0.3, -0.25) is 4.79 Å². The van der Waals surface area contributed by atoms with Crippen LogP contribution in [0.15, 0.2) is 34.9 Å². The molecule has 1 heterocycles. The van der Waals surface area contributed by atoms with Crippen molar-refractivity contribution in [3.8, 4) is 6.07 Å². The molecule has 0 aliphatic carbocycles. The number of carboxylic acids is 1. The Morgan fingerprint density at radius 3 is 2.79 bits per heavy atom. The Morgan fingerprint density at radius 1 is 1.37 bits per heavy atom. The highest BCUT2D eigenvalue weighted by molar-refractivity contribution is 6.03. The molecule has 0 aliphatic heterocycles. The third-order valence-electron chi connectivity index (χ3n) is 2.20. The summed E-state index contributed by atoms with van der Waals surface area (Å²) in [7, 11) is 0. The Labute approximate surface area is 107 Å². The van der Waals surface area contributed by atoms with Gasteiger partial charge in [0.05, 0.1) is 11.6 Å². The molecule has 2 rings (SSSR count). The van der Waals surface area contributed by atoms with Crippen molar-refractivity contribution in [2.24, 2.45) is 0 Å². The van der Waals surface area contributed by atoms with E-state index < -0.39 is 17.6 Å². The zero-order chi connectivity index (χ0) is 13.8. The topological polar surface area (TPSA) is 116 Å². The van der Waals surface area contributed by atoms with E-state index in [9.17, 15) is 9.59 Å². The zero-order valence-corrected chi connectivity index (χ0v) is 9.45. The highest BCUT2D eigenvalue weighted by Crippen LogP contribution is 2.12. The molecular formula is C12H7N3O4. The van der Waals surface area contributed by atoms with Gasteiger partial charge in [-0.1, -0.05) is 11.2 Å². The van der Waals surface area contributed by atoms with Gasteiger partial charge in [0.25, 0.3) is 5.91 Å². The monoisotopic (exact) mass is 257 g/mol. The third-order valence-corrected chi connectivity index (χ3v) is 2.20. The maximum Gasteiger partial charge on any atom is 0.374 e. The number of anilines is 1. The third kappa shape index (κ3) is 2.76. The number of hydrogen-bond acceptors (Lipinski definition) is 5. The lowest BCUT2D eigenvalue weighted by atomic mass is 10.2. The van der Waals surface area contributed by atoms with Gasteiger partial charge in [0.15, 0.2) is 5.69 Å². The number of amides is 1. The summed E-state index contributed by atoms with van der Waals surface area (Å²) in [6.45, 7) is 0. The van der Waals surface area contributed by atoms with E-state index in [0.29, 0.717) is 11.3 Å². The number of aromatic nitrogens is 1. The molecule has 2 aromatic rings. The molecule has 7 nitrogen and oxygen atoms in total. The first-order valence-corrected chi connectivity index (χ1v) is 5.11. The minimum Gasteiger partial charge on any atom is -0.475 e. The second-order valence-electron chi connectivity index (χ2n) is 3.53. The Kier molecular flexibility index (Phi) is 3.25. The van der Waals surface area contributed by atoms with E-state index >= 15 is 0 Å². The fraction of sp³-hybridized carbons (Fsp3) is 0. The van der Waals surface area contributed by atoms with Crippen LogP contribution in [0, 0.1) is 11.3 Å². The summed E-state index contributed by atoms with van der Waals surface area (Å²) in [6.07, 6.45) is 0. The standard InChI is InChI=1S/C12H7N3O4/c13-6-7-2-1-3-8(4-7)14-11(16)9-5-10(12(17)18)19-15-9/h1-5H,(H,14,16)(H,17,18). The van der Waals surface area contributed by atoms with Gasteiger partial charge in [-0.2, -0.15) is 5.26 Å². The molecule has 0 radical (unpaired) electrons. The van der Waals surface area contributed by atoms with Crippen molar-refractivity contribution in [2.45, 2.75) is 0 Å². The number of aromatic carboxylic acids is 1. The van der Waals surface area contributed by atoms with Gasteiger partial charge >= 0.3 is 5.97 Å². The van der Waals surface area contributed by atoms with Gasteiger partial charge < -0.3 is 14.9 Å². The molecule has 0 spiro atoms. The first-order valence-electron chi connectivity index (χ1n) is 5.11. The van der Waals surface area contributed by atoms with Crippen LogP contribution >= 0.6 is 0 Å². The molecule has 0 saturated carbocycles. The number of nitrogens with zero attached hydrogens (tertiary/aromatic N) is 2. The zero-order valence-electron chi connectivity index (χ0n) is 9.45. The first-order chi connectivity index (χ1) is 9.10. The first kappa shape index (κ1) is 12.3. The molecule has 1 amide bonds. The van der Waals surface area contributed by atoms with Crippen LogP contribution in [0.3, 0.4) is 0 Å². The average molecular weight is 257 g/mol. The largest absolute Gasteiger partial charge is 0.475 e. The minimum atomic E-state index is -1.31. The van der Waals surface area contributed by atoms with Crippen molar-refractivity contribution in [1.29, 1.82) is 5.26 Å². The van der Waals surface area contributed by atoms with Crippen LogP contribution < -0.4 is 5.32 Å². The van der Waals surface area contributed by atoms with Crippen molar-refractivity contribution in [2.75, 3.05) is 5.32 Å². The quantitative estimate of drug-likeness (QED) is 0.860. The van der Waals surface area contributed by atoms with Gasteiger partial charge in [0.2, 0.25) is 5.76 Å². The molecule has 94 valence electrons. The van der Waals surface area contributed by atoms with Crippen LogP contribution in [0.5, 0.6) is 0 Å². The Balaban J connectivity index is 2.16. The minimum absolute atomic E-state index is 0.153. The van der Waals surface area contributed by atoms with E-state index in [1.165, 1.54) is 6.07 Å². The van der Waals surface area contributed by atoms with Crippen molar-refractivity contribution in [3.63, 3.8) is 0 Å². The van der Waals surface area contributed by atoms with Gasteiger partial charge in [-0.05, 0) is 18.2 Å². The van der Waals surface area contributed by atoms with Crippen LogP contribution in [-0.2, 0) is 0 Å². The molecule has 0 aliphatic rings.